The first-order chi connectivity index (χ1) is 14.5. The lowest BCUT2D eigenvalue weighted by Crippen LogP contribution is -2.43. The Kier molecular flexibility index (Phi) is 6.16. The number of pyridine rings is 1. The second-order valence-corrected chi connectivity index (χ2v) is 7.91. The van der Waals surface area contributed by atoms with Gasteiger partial charge in [-0.2, -0.15) is 0 Å². The van der Waals surface area contributed by atoms with E-state index in [9.17, 15) is 4.79 Å². The van der Waals surface area contributed by atoms with Crippen LogP contribution in [0.2, 0.25) is 5.02 Å². The lowest BCUT2D eigenvalue weighted by molar-refractivity contribution is -0.138. The molecule has 1 amide bonds. The van der Waals surface area contributed by atoms with Gasteiger partial charge in [0.25, 0.3) is 0 Å². The van der Waals surface area contributed by atoms with Crippen LogP contribution in [0.5, 0.6) is 0 Å². The Morgan fingerprint density at radius 3 is 2.80 bits per heavy atom. The van der Waals surface area contributed by atoms with E-state index in [1.165, 1.54) is 0 Å². The third-order valence-electron chi connectivity index (χ3n) is 5.42. The molecular formula is C23H24ClN3O3. The minimum absolute atomic E-state index is 0.0462. The number of ether oxygens (including phenoxy) is 1. The summed E-state index contributed by atoms with van der Waals surface area (Å²) in [5, 5.41) is 4.67. The molecule has 6 nitrogen and oxygen atoms in total. The van der Waals surface area contributed by atoms with Crippen LogP contribution in [-0.4, -0.2) is 40.6 Å². The normalized spacial score (nSPS) is 16.6. The van der Waals surface area contributed by atoms with E-state index in [1.54, 1.807) is 0 Å². The molecule has 156 valence electrons. The number of aromatic nitrogens is 2. The Hall–Kier alpha value is -2.70. The molecule has 1 fully saturated rings. The van der Waals surface area contributed by atoms with Crippen molar-refractivity contribution in [3.63, 3.8) is 0 Å². The van der Waals surface area contributed by atoms with Gasteiger partial charge in [-0.25, -0.2) is 0 Å². The highest BCUT2D eigenvalue weighted by Gasteiger charge is 2.27. The average molecular weight is 426 g/mol. The molecule has 0 N–H and O–H groups in total. The minimum atomic E-state index is -0.251. The van der Waals surface area contributed by atoms with Crippen LogP contribution in [-0.2, 0) is 22.4 Å². The molecule has 0 unspecified atom stereocenters. The van der Waals surface area contributed by atoms with Gasteiger partial charge in [0.2, 0.25) is 5.91 Å². The minimum Gasteiger partial charge on any atom is -0.368 e. The van der Waals surface area contributed by atoms with Gasteiger partial charge >= 0.3 is 0 Å². The highest BCUT2D eigenvalue weighted by atomic mass is 35.5. The Morgan fingerprint density at radius 1 is 1.20 bits per heavy atom. The second kappa shape index (κ2) is 8.98. The predicted molar refractivity (Wildman–Crippen MR) is 113 cm³/mol. The van der Waals surface area contributed by atoms with E-state index in [2.05, 4.69) is 5.16 Å². The Balaban J connectivity index is 1.45. The highest BCUT2D eigenvalue weighted by Crippen LogP contribution is 2.24. The monoisotopic (exact) mass is 425 g/mol. The first-order valence-corrected chi connectivity index (χ1v) is 10.4. The zero-order valence-corrected chi connectivity index (χ0v) is 17.9. The van der Waals surface area contributed by atoms with Crippen molar-refractivity contribution in [3.8, 4) is 0 Å². The summed E-state index contributed by atoms with van der Waals surface area (Å²) in [5.74, 6) is 0.740. The quantitative estimate of drug-likeness (QED) is 0.616. The van der Waals surface area contributed by atoms with Crippen molar-refractivity contribution in [3.05, 3.63) is 81.5 Å². The van der Waals surface area contributed by atoms with Crippen molar-refractivity contribution in [1.82, 2.24) is 15.0 Å². The molecule has 3 heterocycles. The maximum atomic E-state index is 12.9. The number of carbonyl (C=O) groups is 1. The number of carbonyl (C=O) groups excluding carboxylic acids is 1. The standard InChI is InChI=1S/C23H24ClN3O3/c1-15-19(16(2)30-26-15)13-23(28)27-10-11-29-22(14-27)21-9-5-7-18(25-21)12-17-6-3-4-8-20(17)24/h3-9,22H,10-14H2,1-2H3/t22-/m1/s1. The molecule has 1 aromatic carbocycles. The van der Waals surface area contributed by atoms with Crippen molar-refractivity contribution >= 4 is 17.5 Å². The Morgan fingerprint density at radius 2 is 2.03 bits per heavy atom. The van der Waals surface area contributed by atoms with E-state index in [1.807, 2.05) is 61.2 Å². The molecule has 0 radical (unpaired) electrons. The van der Waals surface area contributed by atoms with Gasteiger partial charge in [0.15, 0.2) is 0 Å². The fraction of sp³-hybridized carbons (Fsp3) is 0.348. The van der Waals surface area contributed by atoms with Crippen LogP contribution >= 0.6 is 11.6 Å². The van der Waals surface area contributed by atoms with E-state index >= 15 is 0 Å². The number of nitrogens with zero attached hydrogens (tertiary/aromatic N) is 3. The first kappa shape index (κ1) is 20.6. The highest BCUT2D eigenvalue weighted by molar-refractivity contribution is 6.31. The van der Waals surface area contributed by atoms with Crippen LogP contribution in [0.4, 0.5) is 0 Å². The van der Waals surface area contributed by atoms with E-state index in [0.717, 1.165) is 33.2 Å². The number of amides is 1. The molecule has 1 atom stereocenters. The van der Waals surface area contributed by atoms with Crippen LogP contribution in [0.25, 0.3) is 0 Å². The summed E-state index contributed by atoms with van der Waals surface area (Å²) in [6, 6.07) is 13.7. The van der Waals surface area contributed by atoms with Gasteiger partial charge in [0.1, 0.15) is 11.9 Å². The third kappa shape index (κ3) is 4.55. The molecule has 4 rings (SSSR count). The molecule has 0 bridgehead atoms. The second-order valence-electron chi connectivity index (χ2n) is 7.50. The molecule has 2 aromatic heterocycles. The Labute approximate surface area is 180 Å². The van der Waals surface area contributed by atoms with Gasteiger partial charge in [-0.3, -0.25) is 9.78 Å². The molecule has 3 aromatic rings. The first-order valence-electron chi connectivity index (χ1n) is 10.0. The van der Waals surface area contributed by atoms with Gasteiger partial charge < -0.3 is 14.2 Å². The van der Waals surface area contributed by atoms with Gasteiger partial charge in [0, 0.05) is 29.2 Å². The lowest BCUT2D eigenvalue weighted by atomic mass is 10.1. The van der Waals surface area contributed by atoms with E-state index in [0.29, 0.717) is 31.9 Å². The molecule has 0 saturated carbocycles. The lowest BCUT2D eigenvalue weighted by Gasteiger charge is -2.33. The molecule has 0 spiro atoms. The fourth-order valence-electron chi connectivity index (χ4n) is 3.68. The number of rotatable bonds is 5. The van der Waals surface area contributed by atoms with Crippen LogP contribution in [0.1, 0.15) is 40.1 Å². The zero-order valence-electron chi connectivity index (χ0n) is 17.1. The molecule has 7 heteroatoms. The summed E-state index contributed by atoms with van der Waals surface area (Å²) in [6.07, 6.45) is 0.682. The fourth-order valence-corrected chi connectivity index (χ4v) is 3.89. The zero-order chi connectivity index (χ0) is 21.1. The topological polar surface area (TPSA) is 68.5 Å². The van der Waals surface area contributed by atoms with Gasteiger partial charge in [-0.05, 0) is 37.6 Å². The van der Waals surface area contributed by atoms with Crippen molar-refractivity contribution in [2.45, 2.75) is 32.8 Å². The third-order valence-corrected chi connectivity index (χ3v) is 5.78. The SMILES string of the molecule is Cc1noc(C)c1CC(=O)N1CCO[C@@H](c2cccc(Cc3ccccc3Cl)n2)C1. The number of morpholine rings is 1. The number of aryl methyl sites for hydroxylation is 2. The van der Waals surface area contributed by atoms with Crippen LogP contribution < -0.4 is 0 Å². The molecule has 1 aliphatic rings. The van der Waals surface area contributed by atoms with Crippen LogP contribution in [0.15, 0.2) is 47.0 Å². The number of hydrogen-bond acceptors (Lipinski definition) is 5. The largest absolute Gasteiger partial charge is 0.368 e. The molecule has 0 aliphatic carbocycles. The van der Waals surface area contributed by atoms with Gasteiger partial charge in [-0.15, -0.1) is 0 Å². The maximum Gasteiger partial charge on any atom is 0.227 e. The van der Waals surface area contributed by atoms with E-state index in [4.69, 9.17) is 25.8 Å². The smallest absolute Gasteiger partial charge is 0.227 e. The summed E-state index contributed by atoms with van der Waals surface area (Å²) < 4.78 is 11.1. The van der Waals surface area contributed by atoms with Crippen molar-refractivity contribution in [2.75, 3.05) is 19.7 Å². The van der Waals surface area contributed by atoms with E-state index < -0.39 is 0 Å². The summed E-state index contributed by atoms with van der Waals surface area (Å²) in [6.45, 7) is 5.21. The summed E-state index contributed by atoms with van der Waals surface area (Å²) >= 11 is 6.29. The number of hydrogen-bond donors (Lipinski definition) is 0. The molecular weight excluding hydrogens is 402 g/mol. The van der Waals surface area contributed by atoms with E-state index in [-0.39, 0.29) is 18.4 Å². The average Bonchev–Trinajstić information content (AvgIpc) is 3.08. The molecule has 1 saturated heterocycles. The van der Waals surface area contributed by atoms with Crippen LogP contribution in [0.3, 0.4) is 0 Å². The van der Waals surface area contributed by atoms with Gasteiger partial charge in [-0.1, -0.05) is 41.0 Å². The van der Waals surface area contributed by atoms with Gasteiger partial charge in [0.05, 0.1) is 31.0 Å². The summed E-state index contributed by atoms with van der Waals surface area (Å²) in [4.78, 5) is 19.5. The molecule has 1 aliphatic heterocycles. The van der Waals surface area contributed by atoms with Crippen molar-refractivity contribution in [2.24, 2.45) is 0 Å². The van der Waals surface area contributed by atoms with Crippen molar-refractivity contribution < 1.29 is 14.1 Å². The Bertz CT molecular complexity index is 1030. The maximum absolute atomic E-state index is 12.9. The number of benzene rings is 1. The predicted octanol–water partition coefficient (Wildman–Crippen LogP) is 4.07. The number of halogens is 1. The van der Waals surface area contributed by atoms with Crippen molar-refractivity contribution in [1.29, 1.82) is 0 Å². The van der Waals surface area contributed by atoms with Crippen LogP contribution in [0, 0.1) is 13.8 Å². The molecule has 30 heavy (non-hydrogen) atoms. The summed E-state index contributed by atoms with van der Waals surface area (Å²) in [7, 11) is 0. The summed E-state index contributed by atoms with van der Waals surface area (Å²) in [5.41, 5.74) is 4.41.